The maximum absolute atomic E-state index is 12.9. The van der Waals surface area contributed by atoms with Gasteiger partial charge in [-0.05, 0) is 18.2 Å². The number of nitrogens with zero attached hydrogens (tertiary/aromatic N) is 4. The molecule has 0 saturated carbocycles. The molecule has 27 heavy (non-hydrogen) atoms. The first kappa shape index (κ1) is 20.5. The predicted molar refractivity (Wildman–Crippen MR) is 97.8 cm³/mol. The summed E-state index contributed by atoms with van der Waals surface area (Å²) in [6.45, 7) is 1.36. The van der Waals surface area contributed by atoms with Crippen LogP contribution >= 0.6 is 11.6 Å². The number of nitriles is 1. The Morgan fingerprint density at radius 1 is 0.926 bits per heavy atom. The lowest BCUT2D eigenvalue weighted by atomic mass is 10.2. The maximum atomic E-state index is 12.9. The van der Waals surface area contributed by atoms with Gasteiger partial charge in [0.25, 0.3) is 10.2 Å². The summed E-state index contributed by atoms with van der Waals surface area (Å²) in [6, 6.07) is 5.90. The molecule has 0 N–H and O–H groups in total. The number of benzene rings is 1. The van der Waals surface area contributed by atoms with Gasteiger partial charge in [0.05, 0.1) is 18.8 Å². The molecule has 0 radical (unpaired) electrons. The van der Waals surface area contributed by atoms with E-state index in [4.69, 9.17) is 16.3 Å². The Morgan fingerprint density at radius 3 is 2.07 bits per heavy atom. The molecule has 0 aliphatic carbocycles. The maximum Gasteiger partial charge on any atom is 0.282 e. The summed E-state index contributed by atoms with van der Waals surface area (Å²) in [5, 5.41) is 9.39. The lowest BCUT2D eigenvalue weighted by molar-refractivity contribution is 0.0694. The number of morpholine rings is 1. The summed E-state index contributed by atoms with van der Waals surface area (Å²) < 4.78 is 60.2. The van der Waals surface area contributed by atoms with Gasteiger partial charge >= 0.3 is 0 Å². The van der Waals surface area contributed by atoms with E-state index in [-0.39, 0.29) is 54.8 Å². The van der Waals surface area contributed by atoms with Gasteiger partial charge in [-0.15, -0.1) is 0 Å². The predicted octanol–water partition coefficient (Wildman–Crippen LogP) is 0.0950. The molecule has 0 spiro atoms. The molecule has 0 bridgehead atoms. The summed E-state index contributed by atoms with van der Waals surface area (Å²) in [7, 11) is -7.60. The van der Waals surface area contributed by atoms with E-state index in [1.165, 1.54) is 31.1 Å². The summed E-state index contributed by atoms with van der Waals surface area (Å²) in [6.07, 6.45) is 0. The first-order valence-corrected chi connectivity index (χ1v) is 11.5. The zero-order chi connectivity index (χ0) is 19.7. The van der Waals surface area contributed by atoms with Crippen molar-refractivity contribution in [2.45, 2.75) is 4.90 Å². The Morgan fingerprint density at radius 2 is 1.48 bits per heavy atom. The Balaban J connectivity index is 1.75. The highest BCUT2D eigenvalue weighted by atomic mass is 35.5. The van der Waals surface area contributed by atoms with Crippen LogP contribution in [0.4, 0.5) is 0 Å². The van der Waals surface area contributed by atoms with Crippen LogP contribution in [0.2, 0.25) is 5.02 Å². The molecule has 2 saturated heterocycles. The van der Waals surface area contributed by atoms with Crippen molar-refractivity contribution in [1.82, 2.24) is 12.9 Å². The topological polar surface area (TPSA) is 111 Å². The van der Waals surface area contributed by atoms with Crippen LogP contribution in [0.15, 0.2) is 23.1 Å². The summed E-state index contributed by atoms with van der Waals surface area (Å²) in [4.78, 5) is -0.165. The van der Waals surface area contributed by atoms with Gasteiger partial charge in [-0.3, -0.25) is 0 Å². The van der Waals surface area contributed by atoms with Crippen LogP contribution in [0.25, 0.3) is 0 Å². The number of hydrogen-bond acceptors (Lipinski definition) is 6. The average Bonchev–Trinajstić information content (AvgIpc) is 2.68. The molecular weight excluding hydrogens is 416 g/mol. The lowest BCUT2D eigenvalue weighted by Gasteiger charge is -2.37. The SMILES string of the molecule is N#Cc1ccc(Cl)cc1S(=O)(=O)N1CCN(S(=O)(=O)N2CCOCC2)CC1. The second-order valence-corrected chi connectivity index (χ2v) is 10.3. The molecule has 2 heterocycles. The molecule has 2 aliphatic heterocycles. The van der Waals surface area contributed by atoms with E-state index in [0.29, 0.717) is 13.2 Å². The zero-order valence-electron chi connectivity index (χ0n) is 14.4. The van der Waals surface area contributed by atoms with Crippen molar-refractivity contribution in [3.63, 3.8) is 0 Å². The Kier molecular flexibility index (Phi) is 6.07. The first-order chi connectivity index (χ1) is 12.8. The minimum atomic E-state index is -3.95. The standard InChI is InChI=1S/C15H19ClN4O5S2/c16-14-2-1-13(12-17)15(11-14)26(21,22)18-3-5-19(6-4-18)27(23,24)20-7-9-25-10-8-20/h1-2,11H,3-10H2. The van der Waals surface area contributed by atoms with E-state index >= 15 is 0 Å². The second-order valence-electron chi connectivity index (χ2n) is 6.07. The number of halogens is 1. The van der Waals surface area contributed by atoms with Gasteiger partial charge in [-0.2, -0.15) is 26.6 Å². The van der Waals surface area contributed by atoms with Gasteiger partial charge in [0.15, 0.2) is 0 Å². The molecule has 2 fully saturated rings. The van der Waals surface area contributed by atoms with Crippen molar-refractivity contribution < 1.29 is 21.6 Å². The number of sulfonamides is 1. The van der Waals surface area contributed by atoms with Crippen molar-refractivity contribution >= 4 is 31.8 Å². The smallest absolute Gasteiger partial charge is 0.282 e. The van der Waals surface area contributed by atoms with E-state index in [1.54, 1.807) is 0 Å². The molecule has 0 aromatic heterocycles. The van der Waals surface area contributed by atoms with Gasteiger partial charge in [0.1, 0.15) is 11.0 Å². The van der Waals surface area contributed by atoms with Crippen LogP contribution < -0.4 is 0 Å². The summed E-state index contributed by atoms with van der Waals surface area (Å²) >= 11 is 5.89. The van der Waals surface area contributed by atoms with Crippen molar-refractivity contribution in [3.05, 3.63) is 28.8 Å². The Labute approximate surface area is 163 Å². The third kappa shape index (κ3) is 4.12. The van der Waals surface area contributed by atoms with Crippen molar-refractivity contribution in [2.24, 2.45) is 0 Å². The highest BCUT2D eigenvalue weighted by Gasteiger charge is 2.37. The monoisotopic (exact) mass is 434 g/mol. The fourth-order valence-electron chi connectivity index (χ4n) is 3.02. The normalized spacial score (nSPS) is 21.0. The zero-order valence-corrected chi connectivity index (χ0v) is 16.8. The van der Waals surface area contributed by atoms with Crippen molar-refractivity contribution in [2.75, 3.05) is 52.5 Å². The van der Waals surface area contributed by atoms with Gasteiger partial charge < -0.3 is 4.74 Å². The molecule has 1 aromatic rings. The third-order valence-electron chi connectivity index (χ3n) is 4.50. The van der Waals surface area contributed by atoms with Crippen molar-refractivity contribution in [3.8, 4) is 6.07 Å². The molecule has 12 heteroatoms. The van der Waals surface area contributed by atoms with Gasteiger partial charge in [-0.1, -0.05) is 11.6 Å². The lowest BCUT2D eigenvalue weighted by Crippen LogP contribution is -2.55. The molecule has 1 aromatic carbocycles. The molecule has 3 rings (SSSR count). The third-order valence-corrected chi connectivity index (χ3v) is 8.71. The molecule has 9 nitrogen and oxygen atoms in total. The van der Waals surface area contributed by atoms with E-state index in [0.717, 1.165) is 0 Å². The summed E-state index contributed by atoms with van der Waals surface area (Å²) in [5.41, 5.74) is 0.00256. The van der Waals surface area contributed by atoms with Gasteiger partial charge in [0, 0.05) is 44.3 Å². The largest absolute Gasteiger partial charge is 0.379 e. The van der Waals surface area contributed by atoms with Crippen LogP contribution in [0.1, 0.15) is 5.56 Å². The number of hydrogen-bond donors (Lipinski definition) is 0. The van der Waals surface area contributed by atoms with Crippen LogP contribution in [0, 0.1) is 11.3 Å². The number of rotatable bonds is 4. The molecule has 2 aliphatic rings. The van der Waals surface area contributed by atoms with Crippen LogP contribution in [0.3, 0.4) is 0 Å². The highest BCUT2D eigenvalue weighted by Crippen LogP contribution is 2.25. The first-order valence-electron chi connectivity index (χ1n) is 8.29. The number of ether oxygens (including phenoxy) is 1. The molecular formula is C15H19ClN4O5S2. The molecule has 148 valence electrons. The second kappa shape index (κ2) is 8.00. The average molecular weight is 435 g/mol. The van der Waals surface area contributed by atoms with Crippen molar-refractivity contribution in [1.29, 1.82) is 5.26 Å². The minimum absolute atomic E-state index is 0.00256. The van der Waals surface area contributed by atoms with E-state index < -0.39 is 20.2 Å². The fraction of sp³-hybridized carbons (Fsp3) is 0.533. The highest BCUT2D eigenvalue weighted by molar-refractivity contribution is 7.89. The van der Waals surface area contributed by atoms with Gasteiger partial charge in [-0.25, -0.2) is 8.42 Å². The quantitative estimate of drug-likeness (QED) is 0.664. The Bertz CT molecular complexity index is 947. The van der Waals surface area contributed by atoms with Crippen LogP contribution in [-0.4, -0.2) is 82.2 Å². The minimum Gasteiger partial charge on any atom is -0.379 e. The Hall–Kier alpha value is -1.26. The van der Waals surface area contributed by atoms with E-state index in [1.807, 2.05) is 6.07 Å². The molecule has 0 atom stereocenters. The van der Waals surface area contributed by atoms with Gasteiger partial charge in [0.2, 0.25) is 10.0 Å². The fourth-order valence-corrected chi connectivity index (χ4v) is 6.41. The number of piperazine rings is 1. The van der Waals surface area contributed by atoms with E-state index in [9.17, 15) is 22.1 Å². The van der Waals surface area contributed by atoms with Crippen LogP contribution in [-0.2, 0) is 25.0 Å². The molecule has 0 amide bonds. The molecule has 0 unspecified atom stereocenters. The van der Waals surface area contributed by atoms with Crippen LogP contribution in [0.5, 0.6) is 0 Å². The van der Waals surface area contributed by atoms with E-state index in [2.05, 4.69) is 0 Å². The summed E-state index contributed by atoms with van der Waals surface area (Å²) in [5.74, 6) is 0.